The fraction of sp³-hybridized carbons (Fsp3) is 0. The standard InChI is InChI=1S/C5H3Cl2NO2/c6-4-2-1-3(10-4)5(7)8-9/h1-2,9H/b8-5+. The smallest absolute Gasteiger partial charge is 0.210 e. The van der Waals surface area contributed by atoms with Crippen LogP contribution >= 0.6 is 23.2 Å². The Hall–Kier alpha value is -0.670. The topological polar surface area (TPSA) is 45.7 Å². The molecule has 1 rings (SSSR count). The summed E-state index contributed by atoms with van der Waals surface area (Å²) in [6, 6.07) is 3.01. The summed E-state index contributed by atoms with van der Waals surface area (Å²) in [4.78, 5) is 0. The molecule has 0 bridgehead atoms. The van der Waals surface area contributed by atoms with Gasteiger partial charge in [-0.05, 0) is 23.7 Å². The zero-order valence-electron chi connectivity index (χ0n) is 4.71. The summed E-state index contributed by atoms with van der Waals surface area (Å²) in [5.74, 6) is 0.245. The SMILES string of the molecule is O/N=C(/Cl)c1ccc(Cl)o1. The second kappa shape index (κ2) is 2.94. The molecule has 1 N–H and O–H groups in total. The van der Waals surface area contributed by atoms with Gasteiger partial charge >= 0.3 is 0 Å². The molecule has 0 fully saturated rings. The third-order valence-electron chi connectivity index (χ3n) is 0.864. The van der Waals surface area contributed by atoms with Gasteiger partial charge in [-0.3, -0.25) is 0 Å². The van der Waals surface area contributed by atoms with E-state index in [1.165, 1.54) is 12.1 Å². The van der Waals surface area contributed by atoms with Crippen molar-refractivity contribution in [2.75, 3.05) is 0 Å². The van der Waals surface area contributed by atoms with Crippen molar-refractivity contribution < 1.29 is 9.62 Å². The molecule has 3 nitrogen and oxygen atoms in total. The van der Waals surface area contributed by atoms with Gasteiger partial charge in [0.1, 0.15) is 0 Å². The highest BCUT2D eigenvalue weighted by molar-refractivity contribution is 6.69. The summed E-state index contributed by atoms with van der Waals surface area (Å²) in [6.07, 6.45) is 0. The number of oxime groups is 1. The van der Waals surface area contributed by atoms with E-state index in [0.29, 0.717) is 0 Å². The lowest BCUT2D eigenvalue weighted by atomic mass is 10.5. The molecule has 10 heavy (non-hydrogen) atoms. The monoisotopic (exact) mass is 179 g/mol. The highest BCUT2D eigenvalue weighted by atomic mass is 35.5. The Labute approximate surface area is 66.8 Å². The average molecular weight is 180 g/mol. The van der Waals surface area contributed by atoms with Crippen LogP contribution in [0.1, 0.15) is 5.76 Å². The highest BCUT2D eigenvalue weighted by Gasteiger charge is 2.04. The normalized spacial score (nSPS) is 12.0. The summed E-state index contributed by atoms with van der Waals surface area (Å²) in [7, 11) is 0. The largest absolute Gasteiger partial charge is 0.442 e. The van der Waals surface area contributed by atoms with Crippen molar-refractivity contribution in [1.29, 1.82) is 0 Å². The number of hydrogen-bond acceptors (Lipinski definition) is 3. The average Bonchev–Trinajstić information content (AvgIpc) is 2.34. The highest BCUT2D eigenvalue weighted by Crippen LogP contribution is 2.14. The molecule has 0 radical (unpaired) electrons. The van der Waals surface area contributed by atoms with Crippen LogP contribution in [0.5, 0.6) is 0 Å². The first kappa shape index (κ1) is 7.44. The molecule has 1 heterocycles. The molecular weight excluding hydrogens is 177 g/mol. The van der Waals surface area contributed by atoms with Gasteiger partial charge in [-0.15, -0.1) is 0 Å². The Morgan fingerprint density at radius 1 is 1.60 bits per heavy atom. The van der Waals surface area contributed by atoms with Crippen molar-refractivity contribution in [3.63, 3.8) is 0 Å². The molecule has 0 spiro atoms. The van der Waals surface area contributed by atoms with Crippen molar-refractivity contribution in [3.05, 3.63) is 23.1 Å². The van der Waals surface area contributed by atoms with E-state index in [0.717, 1.165) is 0 Å². The van der Waals surface area contributed by atoms with E-state index in [9.17, 15) is 0 Å². The van der Waals surface area contributed by atoms with Crippen LogP contribution in [-0.2, 0) is 0 Å². The van der Waals surface area contributed by atoms with Crippen LogP contribution in [0.2, 0.25) is 5.22 Å². The molecular formula is C5H3Cl2NO2. The summed E-state index contributed by atoms with van der Waals surface area (Å²) in [5, 5.41) is 10.9. The molecule has 0 saturated heterocycles. The Morgan fingerprint density at radius 3 is 2.70 bits per heavy atom. The van der Waals surface area contributed by atoms with E-state index >= 15 is 0 Å². The third kappa shape index (κ3) is 1.43. The van der Waals surface area contributed by atoms with E-state index < -0.39 is 0 Å². The first-order valence-electron chi connectivity index (χ1n) is 2.37. The van der Waals surface area contributed by atoms with E-state index in [1.54, 1.807) is 0 Å². The molecule has 54 valence electrons. The second-order valence-electron chi connectivity index (χ2n) is 1.49. The molecule has 0 unspecified atom stereocenters. The van der Waals surface area contributed by atoms with Crippen LogP contribution < -0.4 is 0 Å². The molecule has 5 heteroatoms. The zero-order valence-corrected chi connectivity index (χ0v) is 6.23. The van der Waals surface area contributed by atoms with Gasteiger partial charge in [-0.1, -0.05) is 16.8 Å². The minimum Gasteiger partial charge on any atom is -0.442 e. The van der Waals surface area contributed by atoms with Gasteiger partial charge in [0.25, 0.3) is 0 Å². The minimum absolute atomic E-state index is 0.119. The maximum atomic E-state index is 8.15. The summed E-state index contributed by atoms with van der Waals surface area (Å²) < 4.78 is 4.78. The minimum atomic E-state index is -0.119. The molecule has 0 saturated carbocycles. The number of furan rings is 1. The van der Waals surface area contributed by atoms with Crippen molar-refractivity contribution >= 4 is 28.4 Å². The molecule has 0 aromatic carbocycles. The van der Waals surface area contributed by atoms with Crippen LogP contribution in [0.25, 0.3) is 0 Å². The summed E-state index contributed by atoms with van der Waals surface area (Å²) in [5.41, 5.74) is 0. The quantitative estimate of drug-likeness (QED) is 0.409. The van der Waals surface area contributed by atoms with E-state index in [4.69, 9.17) is 32.8 Å². The van der Waals surface area contributed by atoms with Gasteiger partial charge in [-0.25, -0.2) is 0 Å². The zero-order chi connectivity index (χ0) is 7.56. The summed E-state index contributed by atoms with van der Waals surface area (Å²) in [6.45, 7) is 0. The Bertz CT molecular complexity index is 256. The predicted octanol–water partition coefficient (Wildman–Crippen LogP) is 2.31. The Balaban J connectivity index is 2.95. The number of halogens is 2. The van der Waals surface area contributed by atoms with Crippen LogP contribution in [0.15, 0.2) is 21.7 Å². The molecule has 0 atom stereocenters. The van der Waals surface area contributed by atoms with Crippen LogP contribution in [-0.4, -0.2) is 10.4 Å². The molecule has 0 aliphatic rings. The van der Waals surface area contributed by atoms with E-state index in [2.05, 4.69) is 5.16 Å². The van der Waals surface area contributed by atoms with Crippen molar-refractivity contribution in [2.24, 2.45) is 5.16 Å². The van der Waals surface area contributed by atoms with Crippen molar-refractivity contribution in [2.45, 2.75) is 0 Å². The van der Waals surface area contributed by atoms with Gasteiger partial charge in [0.15, 0.2) is 11.0 Å². The predicted molar refractivity (Wildman–Crippen MR) is 37.9 cm³/mol. The van der Waals surface area contributed by atoms with Gasteiger partial charge in [0, 0.05) is 0 Å². The van der Waals surface area contributed by atoms with Gasteiger partial charge in [-0.2, -0.15) is 0 Å². The number of hydrogen-bond donors (Lipinski definition) is 1. The molecule has 0 amide bonds. The Morgan fingerprint density at radius 2 is 2.30 bits per heavy atom. The molecule has 0 aliphatic carbocycles. The fourth-order valence-electron chi connectivity index (χ4n) is 0.474. The molecule has 1 aromatic heterocycles. The first-order valence-corrected chi connectivity index (χ1v) is 3.13. The van der Waals surface area contributed by atoms with Gasteiger partial charge in [0.2, 0.25) is 5.17 Å². The second-order valence-corrected chi connectivity index (χ2v) is 2.23. The first-order chi connectivity index (χ1) is 4.74. The summed E-state index contributed by atoms with van der Waals surface area (Å²) >= 11 is 10.8. The molecule has 0 aliphatic heterocycles. The van der Waals surface area contributed by atoms with Gasteiger partial charge in [0.05, 0.1) is 0 Å². The van der Waals surface area contributed by atoms with E-state index in [-0.39, 0.29) is 16.2 Å². The van der Waals surface area contributed by atoms with Crippen LogP contribution in [0.3, 0.4) is 0 Å². The van der Waals surface area contributed by atoms with Crippen molar-refractivity contribution in [3.8, 4) is 0 Å². The third-order valence-corrected chi connectivity index (χ3v) is 1.33. The number of rotatable bonds is 1. The van der Waals surface area contributed by atoms with Crippen LogP contribution in [0, 0.1) is 0 Å². The Kier molecular flexibility index (Phi) is 2.19. The van der Waals surface area contributed by atoms with Crippen LogP contribution in [0.4, 0.5) is 0 Å². The maximum Gasteiger partial charge on any atom is 0.210 e. The van der Waals surface area contributed by atoms with Crippen molar-refractivity contribution in [1.82, 2.24) is 0 Å². The molecule has 1 aromatic rings. The maximum absolute atomic E-state index is 8.15. The lowest BCUT2D eigenvalue weighted by Gasteiger charge is -1.85. The van der Waals surface area contributed by atoms with E-state index in [1.807, 2.05) is 0 Å². The fourth-order valence-corrected chi connectivity index (χ4v) is 0.722. The lowest BCUT2D eigenvalue weighted by molar-refractivity contribution is 0.319. The van der Waals surface area contributed by atoms with Gasteiger partial charge < -0.3 is 9.62 Å². The lowest BCUT2D eigenvalue weighted by Crippen LogP contribution is -1.85. The number of nitrogens with zero attached hydrogens (tertiary/aromatic N) is 1.